The van der Waals surface area contributed by atoms with E-state index in [1.165, 1.54) is 27.3 Å². The number of hydrogen-bond acceptors (Lipinski definition) is 6. The van der Waals surface area contributed by atoms with Crippen molar-refractivity contribution in [3.8, 4) is 0 Å². The highest BCUT2D eigenvalue weighted by molar-refractivity contribution is 7.55. The maximum atomic E-state index is 12.0. The molecule has 142 valence electrons. The Bertz CT molecular complexity index is 750. The zero-order chi connectivity index (χ0) is 19.2. The molecule has 0 unspecified atom stereocenters. The molecule has 1 heterocycles. The van der Waals surface area contributed by atoms with E-state index in [0.717, 1.165) is 16.5 Å². The molecule has 3 atom stereocenters. The Hall–Kier alpha value is -1.55. The van der Waals surface area contributed by atoms with E-state index in [1.807, 2.05) is 0 Å². The van der Waals surface area contributed by atoms with Crippen LogP contribution in [0.15, 0.2) is 33.2 Å². The summed E-state index contributed by atoms with van der Waals surface area (Å²) in [6.07, 6.45) is -1.16. The van der Waals surface area contributed by atoms with Crippen molar-refractivity contribution in [2.45, 2.75) is 32.3 Å². The molecule has 3 N–H and O–H groups in total. The summed E-state index contributed by atoms with van der Waals surface area (Å²) in [6, 6.07) is 1.16. The van der Waals surface area contributed by atoms with Crippen LogP contribution in [-0.4, -0.2) is 52.4 Å². The molecule has 10 nitrogen and oxygen atoms in total. The smallest absolute Gasteiger partial charge is 0.349 e. The Morgan fingerprint density at radius 1 is 1.40 bits per heavy atom. The lowest BCUT2D eigenvalue weighted by Crippen LogP contribution is -2.40. The van der Waals surface area contributed by atoms with E-state index in [-0.39, 0.29) is 12.2 Å². The monoisotopic (exact) mass is 378 g/mol. The molecule has 0 saturated heterocycles. The number of methoxy groups -OCH3 is 2. The predicted molar refractivity (Wildman–Crippen MR) is 89.4 cm³/mol. The minimum absolute atomic E-state index is 0.00658. The van der Waals surface area contributed by atoms with Crippen LogP contribution in [0.1, 0.15) is 20.1 Å². The molecule has 25 heavy (non-hydrogen) atoms. The molecule has 0 amide bonds. The van der Waals surface area contributed by atoms with Crippen LogP contribution in [0.5, 0.6) is 0 Å². The summed E-state index contributed by atoms with van der Waals surface area (Å²) in [4.78, 5) is 43.6. The van der Waals surface area contributed by atoms with Crippen LogP contribution in [0, 0.1) is 0 Å². The highest BCUT2D eigenvalue weighted by atomic mass is 31.2. The number of rotatable bonds is 9. The van der Waals surface area contributed by atoms with E-state index in [4.69, 9.17) is 24.0 Å². The summed E-state index contributed by atoms with van der Waals surface area (Å²) in [6.45, 7) is 3.12. The molecule has 0 aliphatic carbocycles. The van der Waals surface area contributed by atoms with Gasteiger partial charge in [-0.2, -0.15) is 0 Å². The molecule has 0 radical (unpaired) electrons. The van der Waals surface area contributed by atoms with Crippen LogP contribution in [0.2, 0.25) is 0 Å². The van der Waals surface area contributed by atoms with Gasteiger partial charge in [-0.15, -0.1) is 0 Å². The van der Waals surface area contributed by atoms with Crippen molar-refractivity contribution >= 4 is 7.60 Å². The second kappa shape index (κ2) is 9.23. The average Bonchev–Trinajstić information content (AvgIpc) is 2.49. The van der Waals surface area contributed by atoms with Gasteiger partial charge in [-0.05, 0) is 19.4 Å². The van der Waals surface area contributed by atoms with E-state index in [1.54, 1.807) is 6.92 Å². The van der Waals surface area contributed by atoms with Gasteiger partial charge >= 0.3 is 13.3 Å². The number of aromatic nitrogens is 2. The third kappa shape index (κ3) is 6.69. The molecule has 0 aliphatic heterocycles. The third-order valence-corrected chi connectivity index (χ3v) is 4.14. The Labute approximate surface area is 144 Å². The van der Waals surface area contributed by atoms with Crippen molar-refractivity contribution < 1.29 is 28.6 Å². The summed E-state index contributed by atoms with van der Waals surface area (Å²) in [7, 11) is -1.58. The van der Waals surface area contributed by atoms with Crippen molar-refractivity contribution in [1.82, 2.24) is 9.55 Å². The molecule has 0 bridgehead atoms. The van der Waals surface area contributed by atoms with Gasteiger partial charge in [-0.1, -0.05) is 0 Å². The number of nitrogens with one attached hydrogen (secondary N) is 1. The molecule has 1 rings (SSSR count). The van der Waals surface area contributed by atoms with Crippen LogP contribution >= 0.6 is 7.60 Å². The maximum absolute atomic E-state index is 12.0. The Morgan fingerprint density at radius 2 is 2.04 bits per heavy atom. The highest BCUT2D eigenvalue weighted by Gasteiger charge is 2.27. The lowest BCUT2D eigenvalue weighted by atomic mass is 10.2. The van der Waals surface area contributed by atoms with Crippen molar-refractivity contribution in [3.63, 3.8) is 0 Å². The first-order valence-corrected chi connectivity index (χ1v) is 9.00. The van der Waals surface area contributed by atoms with Crippen LogP contribution in [0.25, 0.3) is 0 Å². The molecule has 11 heteroatoms. The quantitative estimate of drug-likeness (QED) is 0.517. The molecule has 1 aromatic heterocycles. The Kier molecular flexibility index (Phi) is 7.94. The topological polar surface area (TPSA) is 140 Å². The first kappa shape index (κ1) is 21.5. The first-order valence-electron chi connectivity index (χ1n) is 7.32. The zero-order valence-electron chi connectivity index (χ0n) is 14.4. The fourth-order valence-corrected chi connectivity index (χ4v) is 2.79. The van der Waals surface area contributed by atoms with Crippen LogP contribution in [-0.2, 0) is 18.8 Å². The van der Waals surface area contributed by atoms with Crippen LogP contribution in [0.3, 0.4) is 0 Å². The number of aromatic amines is 1. The molecule has 0 aromatic carbocycles. The van der Waals surface area contributed by atoms with Crippen molar-refractivity contribution in [2.24, 2.45) is 0 Å². The molecule has 0 aliphatic rings. The second-order valence-electron chi connectivity index (χ2n) is 5.39. The number of hydrogen-bond donors (Lipinski definition) is 3. The van der Waals surface area contributed by atoms with Crippen LogP contribution < -0.4 is 11.2 Å². The third-order valence-electron chi connectivity index (χ3n) is 3.40. The van der Waals surface area contributed by atoms with Gasteiger partial charge in [0, 0.05) is 32.3 Å². The van der Waals surface area contributed by atoms with Gasteiger partial charge in [-0.25, -0.2) is 4.79 Å². The highest BCUT2D eigenvalue weighted by Crippen LogP contribution is 2.38. The van der Waals surface area contributed by atoms with Gasteiger partial charge < -0.3 is 24.0 Å². The number of ether oxygens (including phenoxy) is 3. The Morgan fingerprint density at radius 3 is 2.52 bits per heavy atom. The molecule has 1 aromatic rings. The fourth-order valence-electron chi connectivity index (χ4n) is 2.09. The SMILES string of the molecule is COC[C@H](O[C@H]([C@H](C)OC)n1ccc(=O)[nH]c1=O)/C(C)=C/P(=O)(O)O. The summed E-state index contributed by atoms with van der Waals surface area (Å²) in [5.74, 6) is 0.779. The molecular weight excluding hydrogens is 355 g/mol. The summed E-state index contributed by atoms with van der Waals surface area (Å²) in [5.41, 5.74) is -1.02. The largest absolute Gasteiger partial charge is 0.382 e. The van der Waals surface area contributed by atoms with E-state index < -0.39 is 37.3 Å². The van der Waals surface area contributed by atoms with Gasteiger partial charge in [0.2, 0.25) is 0 Å². The fraction of sp³-hybridized carbons (Fsp3) is 0.571. The van der Waals surface area contributed by atoms with Crippen LogP contribution in [0.4, 0.5) is 0 Å². The summed E-state index contributed by atoms with van der Waals surface area (Å²) >= 11 is 0. The van der Waals surface area contributed by atoms with E-state index >= 15 is 0 Å². The average molecular weight is 378 g/mol. The van der Waals surface area contributed by atoms with Crippen molar-refractivity contribution in [1.29, 1.82) is 0 Å². The van der Waals surface area contributed by atoms with Gasteiger partial charge in [-0.3, -0.25) is 18.9 Å². The predicted octanol–water partition coefficient (Wildman–Crippen LogP) is 0.183. The Balaban J connectivity index is 3.26. The standard InChI is InChI=1S/C14H23N2O8P/c1-9(8-25(19,20)21)11(7-22-3)24-13(10(2)23-4)16-6-5-12(17)15-14(16)18/h5-6,8,10-11,13H,7H2,1-4H3,(H,15,17,18)(H2,19,20,21)/b9-8+/t10-,11-,13+/m0/s1. The molecule has 0 saturated carbocycles. The first-order chi connectivity index (χ1) is 11.6. The minimum atomic E-state index is -4.41. The number of nitrogens with zero attached hydrogens (tertiary/aromatic N) is 1. The zero-order valence-corrected chi connectivity index (χ0v) is 15.3. The maximum Gasteiger partial charge on any atom is 0.349 e. The van der Waals surface area contributed by atoms with E-state index in [2.05, 4.69) is 4.98 Å². The van der Waals surface area contributed by atoms with Gasteiger partial charge in [0.15, 0.2) is 6.23 Å². The number of H-pyrrole nitrogens is 1. The van der Waals surface area contributed by atoms with Gasteiger partial charge in [0.25, 0.3) is 5.56 Å². The van der Waals surface area contributed by atoms with Gasteiger partial charge in [0.05, 0.1) is 12.7 Å². The summed E-state index contributed by atoms with van der Waals surface area (Å²) < 4.78 is 28.4. The lowest BCUT2D eigenvalue weighted by Gasteiger charge is -2.29. The molecule has 0 spiro atoms. The van der Waals surface area contributed by atoms with E-state index in [0.29, 0.717) is 0 Å². The minimum Gasteiger partial charge on any atom is -0.382 e. The van der Waals surface area contributed by atoms with Gasteiger partial charge in [0.1, 0.15) is 6.10 Å². The molecule has 0 fully saturated rings. The lowest BCUT2D eigenvalue weighted by molar-refractivity contribution is -0.127. The second-order valence-corrected chi connectivity index (χ2v) is 6.83. The normalized spacial score (nSPS) is 16.5. The van der Waals surface area contributed by atoms with Crippen molar-refractivity contribution in [2.75, 3.05) is 20.8 Å². The molecular formula is C14H23N2O8P. The summed E-state index contributed by atoms with van der Waals surface area (Å²) in [5, 5.41) is 0. The van der Waals surface area contributed by atoms with E-state index in [9.17, 15) is 14.2 Å². The van der Waals surface area contributed by atoms with Crippen molar-refractivity contribution in [3.05, 3.63) is 44.5 Å².